The van der Waals surface area contributed by atoms with E-state index < -0.39 is 0 Å². The maximum atomic E-state index is 11.5. The van der Waals surface area contributed by atoms with Gasteiger partial charge in [-0.1, -0.05) is 6.92 Å². The molecule has 3 nitrogen and oxygen atoms in total. The molecule has 0 aromatic carbocycles. The second kappa shape index (κ2) is 4.20. The van der Waals surface area contributed by atoms with Crippen molar-refractivity contribution in [1.29, 1.82) is 0 Å². The molecular weight excluding hydrogens is 176 g/mol. The van der Waals surface area contributed by atoms with E-state index >= 15 is 0 Å². The fourth-order valence-corrected chi connectivity index (χ4v) is 1.97. The number of amides is 2. The molecule has 0 aromatic heterocycles. The molecule has 0 spiro atoms. The van der Waals surface area contributed by atoms with Gasteiger partial charge in [-0.2, -0.15) is 0 Å². The number of nitrogens with one attached hydrogen (secondary N) is 2. The standard InChI is InChI=1S/C11H20N2O/c1-2-7-12-11(14)13-10(8-3-4-8)9-5-6-9/h8-10H,2-7H2,1H3,(H2,12,13,14). The average Bonchev–Trinajstić information content (AvgIpc) is 3.04. The summed E-state index contributed by atoms with van der Waals surface area (Å²) >= 11 is 0. The van der Waals surface area contributed by atoms with Gasteiger partial charge in [0.2, 0.25) is 0 Å². The Morgan fingerprint density at radius 2 is 1.86 bits per heavy atom. The third-order valence-electron chi connectivity index (χ3n) is 3.09. The normalized spacial score (nSPS) is 21.0. The van der Waals surface area contributed by atoms with Crippen molar-refractivity contribution in [2.75, 3.05) is 6.54 Å². The summed E-state index contributed by atoms with van der Waals surface area (Å²) < 4.78 is 0. The van der Waals surface area contributed by atoms with Crippen molar-refractivity contribution in [3.63, 3.8) is 0 Å². The Hall–Kier alpha value is -0.730. The molecule has 2 rings (SSSR count). The molecule has 2 saturated carbocycles. The summed E-state index contributed by atoms with van der Waals surface area (Å²) in [6, 6.07) is 0.516. The van der Waals surface area contributed by atoms with Gasteiger partial charge >= 0.3 is 6.03 Å². The largest absolute Gasteiger partial charge is 0.338 e. The molecule has 0 aliphatic heterocycles. The zero-order valence-corrected chi connectivity index (χ0v) is 8.88. The molecule has 0 unspecified atom stereocenters. The molecule has 14 heavy (non-hydrogen) atoms. The van der Waals surface area contributed by atoms with Gasteiger partial charge in [-0.15, -0.1) is 0 Å². The molecule has 0 atom stereocenters. The van der Waals surface area contributed by atoms with E-state index in [0.29, 0.717) is 6.04 Å². The van der Waals surface area contributed by atoms with Crippen molar-refractivity contribution in [1.82, 2.24) is 10.6 Å². The minimum Gasteiger partial charge on any atom is -0.338 e. The second-order valence-corrected chi connectivity index (χ2v) is 4.60. The summed E-state index contributed by atoms with van der Waals surface area (Å²) in [6.07, 6.45) is 6.26. The third kappa shape index (κ3) is 2.63. The van der Waals surface area contributed by atoms with Gasteiger partial charge in [0, 0.05) is 12.6 Å². The van der Waals surface area contributed by atoms with E-state index in [-0.39, 0.29) is 6.03 Å². The number of carbonyl (C=O) groups excluding carboxylic acids is 1. The predicted octanol–water partition coefficient (Wildman–Crippen LogP) is 1.88. The van der Waals surface area contributed by atoms with Crippen LogP contribution in [0.2, 0.25) is 0 Å². The zero-order valence-electron chi connectivity index (χ0n) is 8.88. The van der Waals surface area contributed by atoms with E-state index in [1.165, 1.54) is 25.7 Å². The van der Waals surface area contributed by atoms with Crippen LogP contribution in [0.25, 0.3) is 0 Å². The first-order valence-corrected chi connectivity index (χ1v) is 5.85. The molecule has 80 valence electrons. The average molecular weight is 196 g/mol. The van der Waals surface area contributed by atoms with Gasteiger partial charge in [0.05, 0.1) is 0 Å². The van der Waals surface area contributed by atoms with Gasteiger partial charge in [0.1, 0.15) is 0 Å². The molecule has 0 bridgehead atoms. The molecule has 0 saturated heterocycles. The van der Waals surface area contributed by atoms with Gasteiger partial charge in [0.15, 0.2) is 0 Å². The minimum atomic E-state index is 0.0376. The lowest BCUT2D eigenvalue weighted by Crippen LogP contribution is -2.44. The van der Waals surface area contributed by atoms with Gasteiger partial charge in [-0.05, 0) is 43.9 Å². The van der Waals surface area contributed by atoms with Gasteiger partial charge < -0.3 is 10.6 Å². The highest BCUT2D eigenvalue weighted by Crippen LogP contribution is 2.44. The summed E-state index contributed by atoms with van der Waals surface area (Å²) in [5.74, 6) is 1.57. The van der Waals surface area contributed by atoms with Crippen LogP contribution in [0, 0.1) is 11.8 Å². The first kappa shape index (κ1) is 9.81. The summed E-state index contributed by atoms with van der Waals surface area (Å²) in [7, 11) is 0. The Morgan fingerprint density at radius 3 is 2.29 bits per heavy atom. The molecular formula is C11H20N2O. The van der Waals surface area contributed by atoms with Crippen LogP contribution in [0.4, 0.5) is 4.79 Å². The Balaban J connectivity index is 1.72. The van der Waals surface area contributed by atoms with Crippen LogP contribution >= 0.6 is 0 Å². The van der Waals surface area contributed by atoms with Crippen LogP contribution in [-0.2, 0) is 0 Å². The highest BCUT2D eigenvalue weighted by atomic mass is 16.2. The number of rotatable bonds is 5. The molecule has 2 N–H and O–H groups in total. The predicted molar refractivity (Wildman–Crippen MR) is 56.1 cm³/mol. The lowest BCUT2D eigenvalue weighted by molar-refractivity contribution is 0.233. The van der Waals surface area contributed by atoms with Crippen LogP contribution in [0.1, 0.15) is 39.0 Å². The molecule has 2 aliphatic carbocycles. The maximum Gasteiger partial charge on any atom is 0.315 e. The summed E-state index contributed by atoms with van der Waals surface area (Å²) in [4.78, 5) is 11.5. The van der Waals surface area contributed by atoms with Crippen molar-refractivity contribution in [2.24, 2.45) is 11.8 Å². The smallest absolute Gasteiger partial charge is 0.315 e. The monoisotopic (exact) mass is 196 g/mol. The van der Waals surface area contributed by atoms with Crippen LogP contribution in [-0.4, -0.2) is 18.6 Å². The zero-order chi connectivity index (χ0) is 9.97. The fraction of sp³-hybridized carbons (Fsp3) is 0.909. The molecule has 0 radical (unpaired) electrons. The molecule has 0 heterocycles. The molecule has 0 aromatic rings. The number of urea groups is 1. The fourth-order valence-electron chi connectivity index (χ4n) is 1.97. The first-order chi connectivity index (χ1) is 6.81. The molecule has 2 fully saturated rings. The highest BCUT2D eigenvalue weighted by molar-refractivity contribution is 5.74. The lowest BCUT2D eigenvalue weighted by atomic mass is 10.1. The van der Waals surface area contributed by atoms with Crippen LogP contribution in [0.3, 0.4) is 0 Å². The van der Waals surface area contributed by atoms with E-state index in [4.69, 9.17) is 0 Å². The quantitative estimate of drug-likeness (QED) is 0.692. The van der Waals surface area contributed by atoms with E-state index in [1.807, 2.05) is 0 Å². The lowest BCUT2D eigenvalue weighted by Gasteiger charge is -2.17. The summed E-state index contributed by atoms with van der Waals surface area (Å²) in [5, 5.41) is 6.00. The van der Waals surface area contributed by atoms with Crippen LogP contribution in [0.5, 0.6) is 0 Å². The topological polar surface area (TPSA) is 41.1 Å². The van der Waals surface area contributed by atoms with E-state index in [2.05, 4.69) is 17.6 Å². The summed E-state index contributed by atoms with van der Waals surface area (Å²) in [6.45, 7) is 2.85. The summed E-state index contributed by atoms with van der Waals surface area (Å²) in [5.41, 5.74) is 0. The van der Waals surface area contributed by atoms with Crippen LogP contribution < -0.4 is 10.6 Å². The number of carbonyl (C=O) groups is 1. The molecule has 2 amide bonds. The third-order valence-corrected chi connectivity index (χ3v) is 3.09. The van der Waals surface area contributed by atoms with E-state index in [0.717, 1.165) is 24.8 Å². The SMILES string of the molecule is CCCNC(=O)NC(C1CC1)C1CC1. The minimum absolute atomic E-state index is 0.0376. The molecule has 3 heteroatoms. The molecule has 2 aliphatic rings. The van der Waals surface area contributed by atoms with Crippen molar-refractivity contribution < 1.29 is 4.79 Å². The van der Waals surface area contributed by atoms with Crippen LogP contribution in [0.15, 0.2) is 0 Å². The van der Waals surface area contributed by atoms with E-state index in [1.54, 1.807) is 0 Å². The van der Waals surface area contributed by atoms with Crippen molar-refractivity contribution in [3.05, 3.63) is 0 Å². The Kier molecular flexibility index (Phi) is 2.94. The second-order valence-electron chi connectivity index (χ2n) is 4.60. The van der Waals surface area contributed by atoms with Crippen molar-refractivity contribution in [3.8, 4) is 0 Å². The van der Waals surface area contributed by atoms with E-state index in [9.17, 15) is 4.79 Å². The van der Waals surface area contributed by atoms with Gasteiger partial charge in [0.25, 0.3) is 0 Å². The van der Waals surface area contributed by atoms with Gasteiger partial charge in [-0.25, -0.2) is 4.79 Å². The maximum absolute atomic E-state index is 11.5. The number of hydrogen-bond acceptors (Lipinski definition) is 1. The number of hydrogen-bond donors (Lipinski definition) is 2. The Bertz CT molecular complexity index is 197. The van der Waals surface area contributed by atoms with Crippen molar-refractivity contribution in [2.45, 2.75) is 45.1 Å². The van der Waals surface area contributed by atoms with Gasteiger partial charge in [-0.3, -0.25) is 0 Å². The first-order valence-electron chi connectivity index (χ1n) is 5.85. The highest BCUT2D eigenvalue weighted by Gasteiger charge is 2.42. The van der Waals surface area contributed by atoms with Crippen molar-refractivity contribution >= 4 is 6.03 Å². The Morgan fingerprint density at radius 1 is 1.29 bits per heavy atom. The Labute approximate surface area is 85.6 Å².